The number of carbonyl (C=O) groups is 3. The number of alkyl halides is 3. The van der Waals surface area contributed by atoms with Gasteiger partial charge in [-0.3, -0.25) is 39.9 Å². The normalized spacial score (nSPS) is 16.7. The summed E-state index contributed by atoms with van der Waals surface area (Å²) in [5.41, 5.74) is 58.1. The minimum absolute atomic E-state index is 0. The number of nitrogen functional groups attached to an aromatic ring is 3. The van der Waals surface area contributed by atoms with E-state index in [9.17, 15) is 27.6 Å². The standard InChI is InChI=1S/C22H26N6O.C20H25N5O2.C18H21N5O2.C18H25N5.C15H16N4O.C3H6.CHF3.CH4/c1-13-16(12-23-27-13)20-15-5-3-2-4-14(15)19-17(24-20)6-7-18-21(19)26-22(25-18)28-8-10-29-11-9-28;1-11-14(10-24-25-11)8-13-7-12(20(26)27-2)3-4-15(13)19-16(9-21)17(22)5-6-18(19)23;1-3-5-14-12(2)15-8-17(25-11-24)23-19-7-4-6-16(15)22-18(14)13-9-20-21-10-13;1-4-6-7-8-9-18(16-13-21-22-14(16)3)19-11-10-15-12-20-23-17(15)5-2;16-7-10-11(17)5-6-12-13(10)8-3-1-2-4-9(8)14(19-12)15(18)20;1-2-3-1;2-1(3)4;/h6-7,12,20,24H,2-5,8-11H2,1H3,(H,23,27)(H,25,26);5-6,9-10,12,21H,3-4,7-8,22-23H2,1-2H3,(H,24,25);4,6,9-11,19H,3,5,7-8H2,1-2H3,(H,20,21);5,8-13,18-19H,2,4,6-7H2,1,3H3,(H,20,23)(H,21,22);5-7,16H,1-4,17H2,(H2,18,20);1-3H2;1H;1H4/b;;6-4-,23-17+;9-8+,11-10+;;;;. The van der Waals surface area contributed by atoms with Crippen molar-refractivity contribution in [3.05, 3.63) is 222 Å². The number of hydrazone groups is 1. The number of ether oxygens (including phenoxy) is 3. The second kappa shape index (κ2) is 48.0. The van der Waals surface area contributed by atoms with E-state index in [0.717, 1.165) is 202 Å². The summed E-state index contributed by atoms with van der Waals surface area (Å²) in [5.74, 6) is 0.444. The number of aromatic amines is 6. The van der Waals surface area contributed by atoms with Gasteiger partial charge in [-0.25, -0.2) is 15.0 Å². The number of nitrogens with one attached hydrogen (secondary N) is 11. The first-order chi connectivity index (χ1) is 63.6. The highest BCUT2D eigenvalue weighted by Crippen LogP contribution is 2.50. The molecule has 1 saturated heterocycles. The number of amides is 1. The number of fused-ring (bicyclic) bond motifs is 8. The Morgan fingerprint density at radius 1 is 0.765 bits per heavy atom. The van der Waals surface area contributed by atoms with Gasteiger partial charge in [0.15, 0.2) is 0 Å². The highest BCUT2D eigenvalue weighted by atomic mass is 19.4. The number of anilines is 5. The molecule has 3 atom stereocenters. The minimum atomic E-state index is -3.67. The number of morpholine rings is 1. The van der Waals surface area contributed by atoms with E-state index in [-0.39, 0.29) is 31.4 Å². The zero-order valence-corrected chi connectivity index (χ0v) is 75.5. The van der Waals surface area contributed by atoms with Crippen molar-refractivity contribution in [3.8, 4) is 11.3 Å². The van der Waals surface area contributed by atoms with Gasteiger partial charge in [-0.2, -0.15) is 38.7 Å². The molecule has 0 bridgehead atoms. The Balaban J connectivity index is 0.000000156. The van der Waals surface area contributed by atoms with Crippen molar-refractivity contribution in [1.29, 1.82) is 10.8 Å². The molecule has 18 rings (SSSR count). The molecule has 8 aromatic heterocycles. The largest absolute Gasteiger partial charge is 0.469 e. The van der Waals surface area contributed by atoms with Crippen LogP contribution in [0.4, 0.5) is 41.9 Å². The lowest BCUT2D eigenvalue weighted by atomic mass is 9.77. The Morgan fingerprint density at radius 3 is 2.14 bits per heavy atom. The molecule has 31 nitrogen and oxygen atoms in total. The summed E-state index contributed by atoms with van der Waals surface area (Å²) in [6.45, 7) is 16.9. The van der Waals surface area contributed by atoms with Crippen LogP contribution in [0.5, 0.6) is 0 Å². The van der Waals surface area contributed by atoms with Crippen LogP contribution in [0.25, 0.3) is 62.6 Å². The summed E-state index contributed by atoms with van der Waals surface area (Å²) in [6.07, 6.45) is 49.1. The number of aromatic nitrogens is 14. The first-order valence-electron chi connectivity index (χ1n) is 44.7. The molecule has 19 N–H and O–H groups in total. The number of imidazole rings is 1. The lowest BCUT2D eigenvalue weighted by molar-refractivity contribution is -0.145. The number of pyridine rings is 2. The van der Waals surface area contributed by atoms with Gasteiger partial charge in [-0.05, 0) is 229 Å². The van der Waals surface area contributed by atoms with Crippen LogP contribution in [0, 0.1) is 44.4 Å². The fourth-order valence-corrected chi connectivity index (χ4v) is 17.3. The van der Waals surface area contributed by atoms with E-state index in [1.165, 1.54) is 98.0 Å². The van der Waals surface area contributed by atoms with Crippen LogP contribution >= 0.6 is 0 Å². The number of H-pyrrole nitrogens is 6. The number of nitrogens with two attached hydrogens (primary N) is 4. The number of halogens is 3. The monoisotopic (exact) mass is 1800 g/mol. The number of hydrogen-bond donors (Lipinski definition) is 15. The molecule has 11 heterocycles. The van der Waals surface area contributed by atoms with Crippen LogP contribution < -0.4 is 43.9 Å². The fourth-order valence-electron chi connectivity index (χ4n) is 17.3. The molecule has 11 aromatic rings. The van der Waals surface area contributed by atoms with Crippen LogP contribution in [0.1, 0.15) is 247 Å². The van der Waals surface area contributed by atoms with Crippen molar-refractivity contribution in [2.45, 2.75) is 203 Å². The summed E-state index contributed by atoms with van der Waals surface area (Å²) in [6, 6.07) is 11.7. The summed E-state index contributed by atoms with van der Waals surface area (Å²) in [5, 5.41) is 63.1. The predicted octanol–water partition coefficient (Wildman–Crippen LogP) is 18.1. The van der Waals surface area contributed by atoms with Crippen LogP contribution in [-0.4, -0.2) is 154 Å². The van der Waals surface area contributed by atoms with Crippen LogP contribution in [0.3, 0.4) is 0 Å². The van der Waals surface area contributed by atoms with Gasteiger partial charge >= 0.3 is 12.6 Å². The molecular formula is C98H124F3N25O6. The topological polar surface area (TPSA) is 480 Å². The number of primary amides is 1. The van der Waals surface area contributed by atoms with Gasteiger partial charge in [-0.1, -0.05) is 90.2 Å². The number of allylic oxidation sites excluding steroid dienone is 4. The number of methoxy groups -OCH3 is 1. The van der Waals surface area contributed by atoms with Gasteiger partial charge in [0.25, 0.3) is 12.4 Å². The number of nitrogens with zero attached hydrogens (tertiary/aromatic N) is 10. The number of aryl methyl sites for hydroxylation is 4. The molecular weight excluding hydrogens is 1680 g/mol. The lowest BCUT2D eigenvalue weighted by Crippen LogP contribution is -2.36. The Hall–Kier alpha value is -14.1. The smallest absolute Gasteiger partial charge is 0.379 e. The average molecular weight is 1810 g/mol. The van der Waals surface area contributed by atoms with E-state index in [4.69, 9.17) is 57.9 Å². The first-order valence-corrected chi connectivity index (χ1v) is 44.7. The molecule has 3 aliphatic heterocycles. The summed E-state index contributed by atoms with van der Waals surface area (Å²) >= 11 is 0. The summed E-state index contributed by atoms with van der Waals surface area (Å²) in [4.78, 5) is 54.7. The highest BCUT2D eigenvalue weighted by molar-refractivity contribution is 6.07. The third kappa shape index (κ3) is 24.5. The van der Waals surface area contributed by atoms with Crippen LogP contribution in [0.15, 0.2) is 121 Å². The van der Waals surface area contributed by atoms with Crippen LogP contribution in [-0.2, 0) is 55.9 Å². The van der Waals surface area contributed by atoms with Crippen molar-refractivity contribution in [3.63, 3.8) is 0 Å². The highest BCUT2D eigenvalue weighted by Gasteiger charge is 2.35. The SMILES string of the molecule is C.C1CC1.C=Cc1[nH]ncc1/C=C/NC(/C=C/CCCC)c1cn[nH]c1C.CCCc1c(-c2cn[nH]c2)nc2c(c1C)C/C(OC=O)=N\NC/C=C\2.COC(=O)C1CCC(c2c(N)ccc(N)c2C=N)=C(Cc2cn[nH]c2C)C1.Cc1[nH]ncc1C1Nc2ccc3[nH]c(N4CCOCC4)nc3c2C2=C1CCCC2.FC(F)F.N=Cc1c(N)ccc2nc(C(N)=O)c3c(c12)CCCC3. The maximum Gasteiger partial charge on any atom is 0.379 e. The van der Waals surface area contributed by atoms with Crippen molar-refractivity contribution in [2.24, 2.45) is 16.8 Å². The molecule has 4 aliphatic carbocycles. The molecule has 3 unspecified atom stereocenters. The first kappa shape index (κ1) is 98.5. The van der Waals surface area contributed by atoms with Gasteiger partial charge in [0, 0.05) is 121 Å². The van der Waals surface area contributed by atoms with Gasteiger partial charge in [-0.15, -0.1) is 5.10 Å². The van der Waals surface area contributed by atoms with Crippen molar-refractivity contribution >= 4 is 117 Å². The third-order valence-electron chi connectivity index (χ3n) is 24.1. The molecule has 1 saturated carbocycles. The van der Waals surface area contributed by atoms with Gasteiger partial charge in [0.2, 0.25) is 11.8 Å². The van der Waals surface area contributed by atoms with Crippen LogP contribution in [0.2, 0.25) is 0 Å². The molecule has 0 radical (unpaired) electrons. The molecule has 0 spiro atoms. The Kier molecular flexibility index (Phi) is 35.8. The number of hydrogen-bond acceptors (Lipinski definition) is 24. The average Bonchev–Trinajstić information content (AvgIpc) is 1.53. The Morgan fingerprint density at radius 2 is 1.47 bits per heavy atom. The van der Waals surface area contributed by atoms with E-state index in [0.29, 0.717) is 90.4 Å². The van der Waals surface area contributed by atoms with Gasteiger partial charge in [0.1, 0.15) is 11.2 Å². The van der Waals surface area contributed by atoms with Crippen molar-refractivity contribution in [2.75, 3.05) is 67.4 Å². The van der Waals surface area contributed by atoms with E-state index >= 15 is 0 Å². The number of carbonyl (C=O) groups excluding carboxylic acids is 3. The molecule has 7 aliphatic rings. The van der Waals surface area contributed by atoms with Gasteiger partial charge in [0.05, 0.1) is 110 Å². The minimum Gasteiger partial charge on any atom is -0.469 e. The number of rotatable bonds is 22. The Bertz CT molecular complexity index is 5990. The lowest BCUT2D eigenvalue weighted by Gasteiger charge is -2.35. The van der Waals surface area contributed by atoms with E-state index in [2.05, 4.69) is 146 Å². The fraction of sp³-hybridized carbons (Fsp3) is 0.388. The molecule has 3 aromatic carbocycles. The maximum absolute atomic E-state index is 12.1. The second-order valence-corrected chi connectivity index (χ2v) is 32.9. The van der Waals surface area contributed by atoms with Crippen molar-refractivity contribution < 1.29 is 41.8 Å². The molecule has 132 heavy (non-hydrogen) atoms. The predicted molar refractivity (Wildman–Crippen MR) is 519 cm³/mol. The molecule has 34 heteroatoms. The summed E-state index contributed by atoms with van der Waals surface area (Å²) < 4.78 is 44.5. The number of esters is 1. The molecule has 2 fully saturated rings. The zero-order valence-electron chi connectivity index (χ0n) is 75.5. The third-order valence-corrected chi connectivity index (χ3v) is 24.1. The maximum atomic E-state index is 12.1. The van der Waals surface area contributed by atoms with E-state index < -0.39 is 12.6 Å². The van der Waals surface area contributed by atoms with Crippen molar-refractivity contribution in [1.82, 2.24) is 81.7 Å². The molecule has 1 amide bonds. The quantitative estimate of drug-likeness (QED) is 0.00748. The Labute approximate surface area is 767 Å². The summed E-state index contributed by atoms with van der Waals surface area (Å²) in [7, 11) is 1.42. The van der Waals surface area contributed by atoms with Gasteiger partial charge < -0.3 is 73.9 Å². The second-order valence-electron chi connectivity index (χ2n) is 32.9. The van der Waals surface area contributed by atoms with E-state index in [1.807, 2.05) is 63.1 Å². The molecule has 698 valence electrons. The number of benzene rings is 3. The van der Waals surface area contributed by atoms with E-state index in [1.54, 1.807) is 42.7 Å². The zero-order chi connectivity index (χ0) is 93.0. The number of unbranched alkanes of at least 4 members (excludes halogenated alkanes) is 2.